The molecule has 0 aromatic carbocycles. The van der Waals surface area contributed by atoms with Crippen LogP contribution < -0.4 is 5.32 Å². The average molecular weight is 295 g/mol. The highest BCUT2D eigenvalue weighted by molar-refractivity contribution is 4.91. The van der Waals surface area contributed by atoms with E-state index >= 15 is 0 Å². The topological polar surface area (TPSA) is 15.3 Å². The van der Waals surface area contributed by atoms with Crippen LogP contribution in [0.5, 0.6) is 0 Å². The summed E-state index contributed by atoms with van der Waals surface area (Å²) >= 11 is 0. The molecule has 0 spiro atoms. The summed E-state index contributed by atoms with van der Waals surface area (Å²) in [7, 11) is 2.40. The Morgan fingerprint density at radius 1 is 1.05 bits per heavy atom. The van der Waals surface area contributed by atoms with Crippen LogP contribution in [-0.4, -0.2) is 37.6 Å². The Morgan fingerprint density at radius 3 is 2.38 bits per heavy atom. The highest BCUT2D eigenvalue weighted by Gasteiger charge is 2.37. The van der Waals surface area contributed by atoms with Gasteiger partial charge in [0, 0.05) is 19.1 Å². The zero-order valence-corrected chi connectivity index (χ0v) is 15.0. The molecule has 2 heteroatoms. The van der Waals surface area contributed by atoms with Crippen LogP contribution in [0.4, 0.5) is 0 Å². The van der Waals surface area contributed by atoms with Crippen molar-refractivity contribution in [2.75, 3.05) is 26.7 Å². The molecule has 2 unspecified atom stereocenters. The minimum absolute atomic E-state index is 0.533. The Hall–Kier alpha value is -0.0800. The second-order valence-corrected chi connectivity index (χ2v) is 8.31. The molecule has 0 saturated heterocycles. The average Bonchev–Trinajstić information content (AvgIpc) is 2.46. The molecule has 1 N–H and O–H groups in total. The Kier molecular flexibility index (Phi) is 6.55. The third-order valence-electron chi connectivity index (χ3n) is 6.13. The molecule has 0 bridgehead atoms. The summed E-state index contributed by atoms with van der Waals surface area (Å²) in [5.41, 5.74) is 0.533. The molecule has 0 aromatic heterocycles. The van der Waals surface area contributed by atoms with Gasteiger partial charge in [-0.05, 0) is 69.4 Å². The fraction of sp³-hybridized carbons (Fsp3) is 1.00. The van der Waals surface area contributed by atoms with Crippen molar-refractivity contribution in [3.8, 4) is 0 Å². The van der Waals surface area contributed by atoms with Crippen LogP contribution in [0, 0.1) is 17.3 Å². The molecule has 2 rings (SSSR count). The first kappa shape index (κ1) is 17.3. The lowest BCUT2D eigenvalue weighted by Crippen LogP contribution is -2.48. The summed E-state index contributed by atoms with van der Waals surface area (Å²) in [6.07, 6.45) is 11.4. The molecule has 0 amide bonds. The van der Waals surface area contributed by atoms with E-state index < -0.39 is 0 Å². The quantitative estimate of drug-likeness (QED) is 0.785. The largest absolute Gasteiger partial charge is 0.316 e. The van der Waals surface area contributed by atoms with E-state index in [1.165, 1.54) is 64.5 Å². The minimum Gasteiger partial charge on any atom is -0.316 e. The Balaban J connectivity index is 1.93. The van der Waals surface area contributed by atoms with Crippen LogP contribution in [-0.2, 0) is 0 Å². The van der Waals surface area contributed by atoms with Crippen molar-refractivity contribution in [1.82, 2.24) is 10.2 Å². The van der Waals surface area contributed by atoms with Crippen molar-refractivity contribution in [2.45, 2.75) is 78.2 Å². The molecule has 2 saturated carbocycles. The number of hydrogen-bond donors (Lipinski definition) is 1. The first-order chi connectivity index (χ1) is 10.0. The second kappa shape index (κ2) is 7.97. The van der Waals surface area contributed by atoms with Gasteiger partial charge in [0.2, 0.25) is 0 Å². The predicted octanol–water partition coefficient (Wildman–Crippen LogP) is 4.30. The van der Waals surface area contributed by atoms with E-state index in [1.807, 2.05) is 0 Å². The summed E-state index contributed by atoms with van der Waals surface area (Å²) in [6, 6.07) is 0.844. The van der Waals surface area contributed by atoms with E-state index in [9.17, 15) is 0 Å². The van der Waals surface area contributed by atoms with Crippen molar-refractivity contribution in [2.24, 2.45) is 17.3 Å². The van der Waals surface area contributed by atoms with E-state index in [1.54, 1.807) is 0 Å². The molecule has 21 heavy (non-hydrogen) atoms. The molecule has 0 aromatic rings. The summed E-state index contributed by atoms with van der Waals surface area (Å²) < 4.78 is 0. The second-order valence-electron chi connectivity index (χ2n) is 8.31. The molecule has 2 aliphatic rings. The van der Waals surface area contributed by atoms with Gasteiger partial charge in [-0.15, -0.1) is 0 Å². The zero-order chi connectivity index (χ0) is 15.3. The van der Waals surface area contributed by atoms with E-state index in [4.69, 9.17) is 0 Å². The van der Waals surface area contributed by atoms with Gasteiger partial charge in [0.05, 0.1) is 0 Å². The molecule has 0 heterocycles. The fourth-order valence-corrected chi connectivity index (χ4v) is 4.86. The SMILES string of the molecule is CCNCC1(CN(C)C2CCC(C)CC2)CCCC(C)C1. The maximum Gasteiger partial charge on any atom is 0.00926 e. The first-order valence-corrected chi connectivity index (χ1v) is 9.45. The van der Waals surface area contributed by atoms with Crippen molar-refractivity contribution in [1.29, 1.82) is 0 Å². The highest BCUT2D eigenvalue weighted by atomic mass is 15.1. The van der Waals surface area contributed by atoms with E-state index in [0.717, 1.165) is 24.4 Å². The van der Waals surface area contributed by atoms with Crippen molar-refractivity contribution in [3.05, 3.63) is 0 Å². The maximum atomic E-state index is 3.67. The Morgan fingerprint density at radius 2 is 1.76 bits per heavy atom. The summed E-state index contributed by atoms with van der Waals surface area (Å²) in [5, 5.41) is 3.67. The molecular formula is C19H38N2. The molecule has 2 fully saturated rings. The lowest BCUT2D eigenvalue weighted by molar-refractivity contribution is 0.0589. The number of hydrogen-bond acceptors (Lipinski definition) is 2. The van der Waals surface area contributed by atoms with Gasteiger partial charge in [-0.1, -0.05) is 33.6 Å². The zero-order valence-electron chi connectivity index (χ0n) is 15.0. The van der Waals surface area contributed by atoms with Gasteiger partial charge in [0.25, 0.3) is 0 Å². The molecule has 2 nitrogen and oxygen atoms in total. The maximum absolute atomic E-state index is 3.67. The van der Waals surface area contributed by atoms with Gasteiger partial charge in [-0.25, -0.2) is 0 Å². The van der Waals surface area contributed by atoms with Crippen LogP contribution in [0.15, 0.2) is 0 Å². The summed E-state index contributed by atoms with van der Waals surface area (Å²) in [5.74, 6) is 1.87. The van der Waals surface area contributed by atoms with Gasteiger partial charge in [0.1, 0.15) is 0 Å². The van der Waals surface area contributed by atoms with Crippen LogP contribution >= 0.6 is 0 Å². The summed E-state index contributed by atoms with van der Waals surface area (Å²) in [4.78, 5) is 2.72. The molecule has 0 radical (unpaired) electrons. The monoisotopic (exact) mass is 294 g/mol. The number of nitrogens with zero attached hydrogens (tertiary/aromatic N) is 1. The van der Waals surface area contributed by atoms with Gasteiger partial charge < -0.3 is 10.2 Å². The molecule has 2 atom stereocenters. The third kappa shape index (κ3) is 4.96. The number of rotatable bonds is 6. The Bertz CT molecular complexity index is 296. The van der Waals surface area contributed by atoms with E-state index in [0.29, 0.717) is 5.41 Å². The van der Waals surface area contributed by atoms with E-state index in [-0.39, 0.29) is 0 Å². The molecule has 2 aliphatic carbocycles. The van der Waals surface area contributed by atoms with E-state index in [2.05, 4.69) is 38.0 Å². The fourth-order valence-electron chi connectivity index (χ4n) is 4.86. The van der Waals surface area contributed by atoms with Crippen molar-refractivity contribution in [3.63, 3.8) is 0 Å². The number of nitrogens with one attached hydrogen (secondary N) is 1. The highest BCUT2D eigenvalue weighted by Crippen LogP contribution is 2.40. The molecular weight excluding hydrogens is 256 g/mol. The summed E-state index contributed by atoms with van der Waals surface area (Å²) in [6.45, 7) is 10.8. The third-order valence-corrected chi connectivity index (χ3v) is 6.13. The van der Waals surface area contributed by atoms with Gasteiger partial charge in [-0.2, -0.15) is 0 Å². The van der Waals surface area contributed by atoms with Gasteiger partial charge >= 0.3 is 0 Å². The molecule has 124 valence electrons. The first-order valence-electron chi connectivity index (χ1n) is 9.45. The lowest BCUT2D eigenvalue weighted by atomic mass is 9.69. The van der Waals surface area contributed by atoms with Gasteiger partial charge in [0.15, 0.2) is 0 Å². The smallest absolute Gasteiger partial charge is 0.00926 e. The van der Waals surface area contributed by atoms with Crippen LogP contribution in [0.2, 0.25) is 0 Å². The molecule has 0 aliphatic heterocycles. The lowest BCUT2D eigenvalue weighted by Gasteiger charge is -2.45. The normalized spacial score (nSPS) is 37.9. The van der Waals surface area contributed by atoms with Crippen LogP contribution in [0.3, 0.4) is 0 Å². The van der Waals surface area contributed by atoms with Gasteiger partial charge in [-0.3, -0.25) is 0 Å². The predicted molar refractivity (Wildman–Crippen MR) is 92.7 cm³/mol. The standard InChI is InChI=1S/C19H38N2/c1-5-20-14-19(12-6-7-17(3)13-19)15-21(4)18-10-8-16(2)9-11-18/h16-18,20H,5-15H2,1-4H3. The Labute approximate surface area is 133 Å². The van der Waals surface area contributed by atoms with Crippen molar-refractivity contribution < 1.29 is 0 Å². The minimum atomic E-state index is 0.533. The van der Waals surface area contributed by atoms with Crippen LogP contribution in [0.1, 0.15) is 72.1 Å². The van der Waals surface area contributed by atoms with Crippen LogP contribution in [0.25, 0.3) is 0 Å². The van der Waals surface area contributed by atoms with Crippen molar-refractivity contribution >= 4 is 0 Å².